The third-order valence-electron chi connectivity index (χ3n) is 2.21. The molecule has 1 rings (SSSR count). The maximum atomic E-state index is 12.7. The van der Waals surface area contributed by atoms with Gasteiger partial charge < -0.3 is 10.4 Å². The number of aliphatic hydroxyl groups excluding tert-OH is 1. The van der Waals surface area contributed by atoms with E-state index >= 15 is 0 Å². The average molecular weight is 251 g/mol. The first-order valence-corrected chi connectivity index (χ1v) is 5.09. The molecule has 1 aromatic rings. The van der Waals surface area contributed by atoms with Gasteiger partial charge in [-0.05, 0) is 17.7 Å². The Morgan fingerprint density at radius 2 is 1.76 bits per heavy atom. The lowest BCUT2D eigenvalue weighted by Gasteiger charge is -2.20. The Balaban J connectivity index is 2.78. The van der Waals surface area contributed by atoms with Gasteiger partial charge in [-0.2, -0.15) is 13.2 Å². The molecule has 17 heavy (non-hydrogen) atoms. The molecule has 0 heterocycles. The van der Waals surface area contributed by atoms with Crippen LogP contribution in [-0.2, 0) is 0 Å². The number of hydrogen-bond acceptors (Lipinski definition) is 2. The van der Waals surface area contributed by atoms with Gasteiger partial charge >= 0.3 is 6.18 Å². The van der Waals surface area contributed by atoms with Gasteiger partial charge in [0.05, 0.1) is 13.0 Å². The summed E-state index contributed by atoms with van der Waals surface area (Å²) in [6.45, 7) is -0.201. The van der Waals surface area contributed by atoms with Gasteiger partial charge in [0.2, 0.25) is 0 Å². The monoisotopic (exact) mass is 251 g/mol. The van der Waals surface area contributed by atoms with E-state index in [0.717, 1.165) is 12.1 Å². The molecule has 6 heteroatoms. The molecule has 0 aliphatic rings. The van der Waals surface area contributed by atoms with Crippen LogP contribution in [0.3, 0.4) is 0 Å². The van der Waals surface area contributed by atoms with E-state index in [9.17, 15) is 17.6 Å². The molecule has 0 fully saturated rings. The van der Waals surface area contributed by atoms with Gasteiger partial charge in [0.25, 0.3) is 0 Å². The van der Waals surface area contributed by atoms with E-state index in [0.29, 0.717) is 5.56 Å². The van der Waals surface area contributed by atoms with Crippen molar-refractivity contribution in [2.45, 2.75) is 18.6 Å². The zero-order valence-corrected chi connectivity index (χ0v) is 8.97. The Bertz CT molecular complexity index is 336. The molecule has 1 aromatic carbocycles. The second-order valence-corrected chi connectivity index (χ2v) is 3.60. The van der Waals surface area contributed by atoms with Crippen LogP contribution in [0.2, 0.25) is 0 Å². The van der Waals surface area contributed by atoms with Crippen molar-refractivity contribution in [1.29, 1.82) is 0 Å². The zero-order valence-electron chi connectivity index (χ0n) is 8.97. The molecule has 0 radical (unpaired) electrons. The van der Waals surface area contributed by atoms with Crippen molar-refractivity contribution < 1.29 is 22.7 Å². The molecule has 0 saturated carbocycles. The molecule has 2 N–H and O–H groups in total. The predicted octanol–water partition coefficient (Wildman–Crippen LogP) is 2.40. The van der Waals surface area contributed by atoms with E-state index in [2.05, 4.69) is 5.32 Å². The minimum absolute atomic E-state index is 0.0537. The Morgan fingerprint density at radius 3 is 2.24 bits per heavy atom. The summed E-state index contributed by atoms with van der Waals surface area (Å²) in [6, 6.07) is 3.85. The van der Waals surface area contributed by atoms with E-state index in [1.807, 2.05) is 0 Å². The summed E-state index contributed by atoms with van der Waals surface area (Å²) in [5.41, 5.74) is 0.345. The summed E-state index contributed by atoms with van der Waals surface area (Å²) in [7, 11) is 0. The van der Waals surface area contributed by atoms with E-state index in [1.165, 1.54) is 12.1 Å². The SMILES string of the molecule is OCCN[C@@H](CC(F)(F)F)c1ccc(F)cc1. The normalized spacial score (nSPS) is 13.7. The van der Waals surface area contributed by atoms with Gasteiger partial charge in [0, 0.05) is 12.6 Å². The fraction of sp³-hybridized carbons (Fsp3) is 0.455. The quantitative estimate of drug-likeness (QED) is 0.788. The van der Waals surface area contributed by atoms with Gasteiger partial charge in [-0.3, -0.25) is 0 Å². The number of halogens is 4. The second kappa shape index (κ2) is 5.97. The van der Waals surface area contributed by atoms with Crippen molar-refractivity contribution in [3.63, 3.8) is 0 Å². The predicted molar refractivity (Wildman–Crippen MR) is 54.9 cm³/mol. The summed E-state index contributed by atoms with van der Waals surface area (Å²) in [4.78, 5) is 0. The first-order chi connectivity index (χ1) is 7.92. The number of rotatable bonds is 5. The Hall–Kier alpha value is -1.14. The minimum atomic E-state index is -4.32. The number of hydrogen-bond donors (Lipinski definition) is 2. The van der Waals surface area contributed by atoms with Crippen LogP contribution in [0.1, 0.15) is 18.0 Å². The fourth-order valence-electron chi connectivity index (χ4n) is 1.47. The van der Waals surface area contributed by atoms with Gasteiger partial charge in [0.1, 0.15) is 5.82 Å². The molecule has 0 aliphatic carbocycles. The van der Waals surface area contributed by atoms with Crippen LogP contribution in [-0.4, -0.2) is 24.4 Å². The minimum Gasteiger partial charge on any atom is -0.395 e. The Labute approximate surface area is 96.3 Å². The second-order valence-electron chi connectivity index (χ2n) is 3.60. The van der Waals surface area contributed by atoms with E-state index < -0.39 is 24.5 Å². The maximum absolute atomic E-state index is 12.7. The molecule has 0 bridgehead atoms. The fourth-order valence-corrected chi connectivity index (χ4v) is 1.47. The standard InChI is InChI=1S/C11H13F4NO/c12-9-3-1-8(2-4-9)10(16-5-6-17)7-11(13,14)15/h1-4,10,16-17H,5-7H2/t10-/m0/s1. The van der Waals surface area contributed by atoms with Crippen molar-refractivity contribution in [2.75, 3.05) is 13.2 Å². The number of aliphatic hydroxyl groups is 1. The molecular weight excluding hydrogens is 238 g/mol. The highest BCUT2D eigenvalue weighted by molar-refractivity contribution is 5.20. The van der Waals surface area contributed by atoms with Crippen molar-refractivity contribution in [3.05, 3.63) is 35.6 Å². The van der Waals surface area contributed by atoms with Gasteiger partial charge in [0.15, 0.2) is 0 Å². The molecule has 1 atom stereocenters. The third kappa shape index (κ3) is 5.14. The third-order valence-corrected chi connectivity index (χ3v) is 2.21. The van der Waals surface area contributed by atoms with Crippen LogP contribution in [0.5, 0.6) is 0 Å². The summed E-state index contributed by atoms with van der Waals surface area (Å²) in [5.74, 6) is -0.498. The smallest absolute Gasteiger partial charge is 0.390 e. The zero-order chi connectivity index (χ0) is 12.9. The Kier molecular flexibility index (Phi) is 4.89. The number of nitrogens with one attached hydrogen (secondary N) is 1. The highest BCUT2D eigenvalue weighted by Gasteiger charge is 2.32. The maximum Gasteiger partial charge on any atom is 0.390 e. The Morgan fingerprint density at radius 1 is 1.18 bits per heavy atom. The first-order valence-electron chi connectivity index (χ1n) is 5.09. The lowest BCUT2D eigenvalue weighted by atomic mass is 10.0. The summed E-state index contributed by atoms with van der Waals surface area (Å²) >= 11 is 0. The van der Waals surface area contributed by atoms with Crippen LogP contribution in [0, 0.1) is 5.82 Å². The van der Waals surface area contributed by atoms with Crippen molar-refractivity contribution in [3.8, 4) is 0 Å². The van der Waals surface area contributed by atoms with Gasteiger partial charge in [-0.15, -0.1) is 0 Å². The molecule has 0 amide bonds. The van der Waals surface area contributed by atoms with Gasteiger partial charge in [-0.1, -0.05) is 12.1 Å². The van der Waals surface area contributed by atoms with Crippen LogP contribution in [0.4, 0.5) is 17.6 Å². The largest absolute Gasteiger partial charge is 0.395 e. The highest BCUT2D eigenvalue weighted by Crippen LogP contribution is 2.29. The first kappa shape index (κ1) is 13.9. The van der Waals surface area contributed by atoms with Crippen molar-refractivity contribution >= 4 is 0 Å². The van der Waals surface area contributed by atoms with Gasteiger partial charge in [-0.25, -0.2) is 4.39 Å². The molecule has 2 nitrogen and oxygen atoms in total. The molecule has 0 unspecified atom stereocenters. The molecule has 0 aliphatic heterocycles. The van der Waals surface area contributed by atoms with E-state index in [1.54, 1.807) is 0 Å². The van der Waals surface area contributed by atoms with Crippen LogP contribution >= 0.6 is 0 Å². The van der Waals surface area contributed by atoms with E-state index in [-0.39, 0.29) is 13.2 Å². The summed E-state index contributed by atoms with van der Waals surface area (Å²) in [6.07, 6.45) is -5.37. The molecular formula is C11H13F4NO. The molecule has 96 valence electrons. The molecule has 0 aromatic heterocycles. The van der Waals surface area contributed by atoms with Crippen LogP contribution < -0.4 is 5.32 Å². The topological polar surface area (TPSA) is 32.3 Å². The summed E-state index contributed by atoms with van der Waals surface area (Å²) in [5, 5.41) is 11.2. The lowest BCUT2D eigenvalue weighted by Crippen LogP contribution is -2.28. The number of benzene rings is 1. The number of alkyl halides is 3. The van der Waals surface area contributed by atoms with Crippen LogP contribution in [0.25, 0.3) is 0 Å². The van der Waals surface area contributed by atoms with Crippen molar-refractivity contribution in [1.82, 2.24) is 5.32 Å². The molecule has 0 spiro atoms. The van der Waals surface area contributed by atoms with E-state index in [4.69, 9.17) is 5.11 Å². The summed E-state index contributed by atoms with van der Waals surface area (Å²) < 4.78 is 49.6. The van der Waals surface area contributed by atoms with Crippen LogP contribution in [0.15, 0.2) is 24.3 Å². The van der Waals surface area contributed by atoms with Crippen molar-refractivity contribution in [2.24, 2.45) is 0 Å². The highest BCUT2D eigenvalue weighted by atomic mass is 19.4. The average Bonchev–Trinajstić information content (AvgIpc) is 2.24. The molecule has 0 saturated heterocycles. The lowest BCUT2D eigenvalue weighted by molar-refractivity contribution is -0.140.